The lowest BCUT2D eigenvalue weighted by atomic mass is 10.3. The van der Waals surface area contributed by atoms with Crippen LogP contribution in [0.15, 0.2) is 18.2 Å². The van der Waals surface area contributed by atoms with Gasteiger partial charge in [-0.05, 0) is 12.1 Å². The van der Waals surface area contributed by atoms with Crippen LogP contribution < -0.4 is 10.5 Å². The molecule has 0 unspecified atom stereocenters. The molecule has 0 amide bonds. The Hall–Kier alpha value is -1.82. The summed E-state index contributed by atoms with van der Waals surface area (Å²) >= 11 is 0. The standard InChI is InChI=1S/C8H10N2O4/c9-3-4-14-6-1-2-8(11)7(5-6)10(12)13/h1-2,5,11H,3-4,9H2. The molecule has 6 heteroatoms. The Kier molecular flexibility index (Phi) is 3.24. The van der Waals surface area contributed by atoms with E-state index < -0.39 is 4.92 Å². The highest BCUT2D eigenvalue weighted by atomic mass is 16.6. The summed E-state index contributed by atoms with van der Waals surface area (Å²) in [5, 5.41) is 19.5. The molecule has 0 aliphatic rings. The number of nitro benzene ring substituents is 1. The Balaban J connectivity index is 2.89. The average molecular weight is 198 g/mol. The van der Waals surface area contributed by atoms with Crippen LogP contribution in [0.1, 0.15) is 0 Å². The van der Waals surface area contributed by atoms with Crippen molar-refractivity contribution in [3.05, 3.63) is 28.3 Å². The first-order chi connectivity index (χ1) is 6.65. The molecule has 1 aromatic carbocycles. The molecule has 0 fully saturated rings. The number of nitrogens with zero attached hydrogens (tertiary/aromatic N) is 1. The highest BCUT2D eigenvalue weighted by molar-refractivity contribution is 5.49. The summed E-state index contributed by atoms with van der Waals surface area (Å²) in [4.78, 5) is 9.74. The van der Waals surface area contributed by atoms with Gasteiger partial charge in [0.1, 0.15) is 12.4 Å². The van der Waals surface area contributed by atoms with Crippen LogP contribution in [0.2, 0.25) is 0 Å². The predicted octanol–water partition coefficient (Wildman–Crippen LogP) is 0.638. The van der Waals surface area contributed by atoms with Gasteiger partial charge in [-0.3, -0.25) is 10.1 Å². The van der Waals surface area contributed by atoms with E-state index in [-0.39, 0.29) is 18.0 Å². The zero-order valence-electron chi connectivity index (χ0n) is 7.34. The van der Waals surface area contributed by atoms with Crippen molar-refractivity contribution in [2.24, 2.45) is 5.73 Å². The summed E-state index contributed by atoms with van der Waals surface area (Å²) in [5.74, 6) is -0.0601. The average Bonchev–Trinajstić information content (AvgIpc) is 2.16. The van der Waals surface area contributed by atoms with Gasteiger partial charge in [0.25, 0.3) is 0 Å². The highest BCUT2D eigenvalue weighted by Crippen LogP contribution is 2.29. The fourth-order valence-electron chi connectivity index (χ4n) is 0.916. The Morgan fingerprint density at radius 3 is 2.86 bits per heavy atom. The maximum Gasteiger partial charge on any atom is 0.314 e. The molecule has 1 rings (SSSR count). The molecular weight excluding hydrogens is 188 g/mol. The number of hydrogen-bond donors (Lipinski definition) is 2. The van der Waals surface area contributed by atoms with Gasteiger partial charge in [0.05, 0.1) is 11.0 Å². The fraction of sp³-hybridized carbons (Fsp3) is 0.250. The summed E-state index contributed by atoms with van der Waals surface area (Å²) in [6.45, 7) is 0.608. The Bertz CT molecular complexity index is 340. The van der Waals surface area contributed by atoms with E-state index in [0.717, 1.165) is 6.07 Å². The molecule has 0 heterocycles. The number of nitrogens with two attached hydrogens (primary N) is 1. The first-order valence-corrected chi connectivity index (χ1v) is 3.95. The first kappa shape index (κ1) is 10.3. The molecule has 0 bridgehead atoms. The van der Waals surface area contributed by atoms with Crippen LogP contribution in [0.5, 0.6) is 11.5 Å². The highest BCUT2D eigenvalue weighted by Gasteiger charge is 2.13. The molecule has 0 aliphatic heterocycles. The normalized spacial score (nSPS) is 9.79. The number of phenols is 1. The summed E-state index contributed by atoms with van der Waals surface area (Å²) in [6.07, 6.45) is 0. The van der Waals surface area contributed by atoms with Gasteiger partial charge in [-0.2, -0.15) is 0 Å². The number of hydrogen-bond acceptors (Lipinski definition) is 5. The summed E-state index contributed by atoms with van der Waals surface area (Å²) in [5.41, 5.74) is 4.82. The number of rotatable bonds is 4. The summed E-state index contributed by atoms with van der Waals surface area (Å²) in [7, 11) is 0. The smallest absolute Gasteiger partial charge is 0.314 e. The largest absolute Gasteiger partial charge is 0.502 e. The number of ether oxygens (including phenoxy) is 1. The van der Waals surface area contributed by atoms with E-state index in [1.54, 1.807) is 0 Å². The van der Waals surface area contributed by atoms with Gasteiger partial charge in [-0.1, -0.05) is 0 Å². The number of aromatic hydroxyl groups is 1. The van der Waals surface area contributed by atoms with Gasteiger partial charge in [0, 0.05) is 6.54 Å². The Labute approximate surface area is 80.1 Å². The van der Waals surface area contributed by atoms with Gasteiger partial charge in [0.2, 0.25) is 0 Å². The first-order valence-electron chi connectivity index (χ1n) is 3.95. The van der Waals surface area contributed by atoms with Crippen LogP contribution in [-0.2, 0) is 0 Å². The lowest BCUT2D eigenvalue weighted by molar-refractivity contribution is -0.385. The van der Waals surface area contributed by atoms with Crippen LogP contribution in [0, 0.1) is 10.1 Å². The molecule has 1 aromatic rings. The number of nitro groups is 1. The molecule has 3 N–H and O–H groups in total. The second-order valence-corrected chi connectivity index (χ2v) is 2.54. The summed E-state index contributed by atoms with van der Waals surface area (Å²) < 4.78 is 5.06. The molecule has 0 aliphatic carbocycles. The van der Waals surface area contributed by atoms with E-state index in [4.69, 9.17) is 15.6 Å². The third-order valence-corrected chi connectivity index (χ3v) is 1.53. The van der Waals surface area contributed by atoms with E-state index in [1.165, 1.54) is 12.1 Å². The van der Waals surface area contributed by atoms with Crippen molar-refractivity contribution >= 4 is 5.69 Å². The van der Waals surface area contributed by atoms with Gasteiger partial charge in [-0.15, -0.1) is 0 Å². The molecule has 14 heavy (non-hydrogen) atoms. The van der Waals surface area contributed by atoms with Crippen molar-refractivity contribution in [2.75, 3.05) is 13.2 Å². The number of phenolic OH excluding ortho intramolecular Hbond substituents is 1. The predicted molar refractivity (Wildman–Crippen MR) is 49.3 cm³/mol. The van der Waals surface area contributed by atoms with Crippen LogP contribution in [-0.4, -0.2) is 23.2 Å². The third-order valence-electron chi connectivity index (χ3n) is 1.53. The maximum absolute atomic E-state index is 10.4. The van der Waals surface area contributed by atoms with Gasteiger partial charge < -0.3 is 15.6 Å². The minimum Gasteiger partial charge on any atom is -0.502 e. The second-order valence-electron chi connectivity index (χ2n) is 2.54. The van der Waals surface area contributed by atoms with Crippen LogP contribution in [0.25, 0.3) is 0 Å². The lowest BCUT2D eigenvalue weighted by Gasteiger charge is -2.04. The van der Waals surface area contributed by atoms with Crippen molar-refractivity contribution < 1.29 is 14.8 Å². The van der Waals surface area contributed by atoms with Gasteiger partial charge in [-0.25, -0.2) is 0 Å². The van der Waals surface area contributed by atoms with E-state index >= 15 is 0 Å². The van der Waals surface area contributed by atoms with Crippen molar-refractivity contribution in [1.29, 1.82) is 0 Å². The molecule has 76 valence electrons. The van der Waals surface area contributed by atoms with E-state index in [2.05, 4.69) is 0 Å². The van der Waals surface area contributed by atoms with Crippen molar-refractivity contribution in [3.63, 3.8) is 0 Å². The molecule has 0 spiro atoms. The zero-order chi connectivity index (χ0) is 10.6. The molecule has 0 aromatic heterocycles. The minimum atomic E-state index is -0.676. The second kappa shape index (κ2) is 4.43. The van der Waals surface area contributed by atoms with Crippen molar-refractivity contribution in [1.82, 2.24) is 0 Å². The van der Waals surface area contributed by atoms with Crippen LogP contribution in [0.3, 0.4) is 0 Å². The van der Waals surface area contributed by atoms with Gasteiger partial charge >= 0.3 is 5.69 Å². The molecular formula is C8H10N2O4. The topological polar surface area (TPSA) is 98.6 Å². The van der Waals surface area contributed by atoms with Crippen molar-refractivity contribution in [2.45, 2.75) is 0 Å². The Morgan fingerprint density at radius 2 is 2.29 bits per heavy atom. The SMILES string of the molecule is NCCOc1ccc(O)c([N+](=O)[O-])c1. The Morgan fingerprint density at radius 1 is 1.57 bits per heavy atom. The molecule has 6 nitrogen and oxygen atoms in total. The van der Waals surface area contributed by atoms with Crippen LogP contribution >= 0.6 is 0 Å². The maximum atomic E-state index is 10.4. The quantitative estimate of drug-likeness (QED) is 0.546. The van der Waals surface area contributed by atoms with Gasteiger partial charge in [0.15, 0.2) is 5.75 Å². The fourth-order valence-corrected chi connectivity index (χ4v) is 0.916. The van der Waals surface area contributed by atoms with E-state index in [0.29, 0.717) is 12.3 Å². The monoisotopic (exact) mass is 198 g/mol. The minimum absolute atomic E-state index is 0.280. The van der Waals surface area contributed by atoms with E-state index in [1.807, 2.05) is 0 Å². The molecule has 0 saturated carbocycles. The molecule has 0 radical (unpaired) electrons. The number of benzene rings is 1. The third kappa shape index (κ3) is 2.33. The molecule has 0 atom stereocenters. The van der Waals surface area contributed by atoms with Crippen LogP contribution in [0.4, 0.5) is 5.69 Å². The van der Waals surface area contributed by atoms with E-state index in [9.17, 15) is 10.1 Å². The summed E-state index contributed by atoms with van der Waals surface area (Å²) in [6, 6.07) is 3.81. The lowest BCUT2D eigenvalue weighted by Crippen LogP contribution is -2.10. The molecule has 0 saturated heterocycles. The zero-order valence-corrected chi connectivity index (χ0v) is 7.34. The van der Waals surface area contributed by atoms with Crippen molar-refractivity contribution in [3.8, 4) is 11.5 Å².